The first-order valence-electron chi connectivity index (χ1n) is 10.8. The Balaban J connectivity index is 1.56. The summed E-state index contributed by atoms with van der Waals surface area (Å²) in [5.74, 6) is -0.0337. The molecule has 4 rings (SSSR count). The van der Waals surface area contributed by atoms with E-state index in [0.717, 1.165) is 55.2 Å². The third kappa shape index (κ3) is 5.76. The Labute approximate surface area is 211 Å². The SMILES string of the molecule is COc1cccc(NC(=O)C[C@H]2SC(=NS(=O)(=O)c3ccc(Cl)s3)N(C3CCCCC3)C2=O)c1. The number of anilines is 1. The fraction of sp³-hybridized carbons (Fsp3) is 0.409. The van der Waals surface area contributed by atoms with Crippen LogP contribution in [0, 0.1) is 0 Å². The summed E-state index contributed by atoms with van der Waals surface area (Å²) in [5.41, 5.74) is 0.551. The van der Waals surface area contributed by atoms with Crippen molar-refractivity contribution in [3.05, 3.63) is 40.7 Å². The fourth-order valence-corrected chi connectivity index (χ4v) is 7.88. The van der Waals surface area contributed by atoms with Crippen molar-refractivity contribution in [2.75, 3.05) is 12.4 Å². The van der Waals surface area contributed by atoms with Crippen LogP contribution in [0.3, 0.4) is 0 Å². The van der Waals surface area contributed by atoms with E-state index in [2.05, 4.69) is 9.71 Å². The number of thiophene rings is 1. The van der Waals surface area contributed by atoms with Gasteiger partial charge in [0.1, 0.15) is 15.2 Å². The van der Waals surface area contributed by atoms with Crippen molar-refractivity contribution in [3.63, 3.8) is 0 Å². The van der Waals surface area contributed by atoms with Gasteiger partial charge < -0.3 is 10.1 Å². The summed E-state index contributed by atoms with van der Waals surface area (Å²) in [6.07, 6.45) is 4.45. The molecule has 0 radical (unpaired) electrons. The summed E-state index contributed by atoms with van der Waals surface area (Å²) in [5, 5.41) is 2.15. The zero-order chi connectivity index (χ0) is 24.3. The molecule has 182 valence electrons. The van der Waals surface area contributed by atoms with Crippen molar-refractivity contribution in [1.82, 2.24) is 4.90 Å². The van der Waals surface area contributed by atoms with Crippen LogP contribution < -0.4 is 10.1 Å². The van der Waals surface area contributed by atoms with E-state index in [9.17, 15) is 18.0 Å². The van der Waals surface area contributed by atoms with Gasteiger partial charge in [-0.05, 0) is 37.1 Å². The second kappa shape index (κ2) is 10.7. The number of methoxy groups -OCH3 is 1. The molecule has 1 saturated heterocycles. The number of nitrogens with zero attached hydrogens (tertiary/aromatic N) is 2. The first-order valence-corrected chi connectivity index (χ1v) is 14.3. The lowest BCUT2D eigenvalue weighted by Crippen LogP contribution is -2.42. The predicted molar refractivity (Wildman–Crippen MR) is 135 cm³/mol. The number of carbonyl (C=O) groups is 2. The van der Waals surface area contributed by atoms with Crippen molar-refractivity contribution >= 4 is 67.4 Å². The van der Waals surface area contributed by atoms with E-state index in [1.54, 1.807) is 24.3 Å². The summed E-state index contributed by atoms with van der Waals surface area (Å²) in [6.45, 7) is 0. The summed E-state index contributed by atoms with van der Waals surface area (Å²) < 4.78 is 35.3. The Morgan fingerprint density at radius 1 is 1.24 bits per heavy atom. The number of hydrogen-bond acceptors (Lipinski definition) is 7. The van der Waals surface area contributed by atoms with Crippen LogP contribution in [0.1, 0.15) is 38.5 Å². The molecule has 34 heavy (non-hydrogen) atoms. The molecular formula is C22H24ClN3O5S3. The fourth-order valence-electron chi connectivity index (χ4n) is 4.02. The van der Waals surface area contributed by atoms with Crippen molar-refractivity contribution in [3.8, 4) is 5.75 Å². The minimum atomic E-state index is -4.03. The van der Waals surface area contributed by atoms with E-state index < -0.39 is 15.3 Å². The average Bonchev–Trinajstić information content (AvgIpc) is 3.38. The number of rotatable bonds is 7. The number of halogens is 1. The number of ether oxygens (including phenoxy) is 1. The van der Waals surface area contributed by atoms with Gasteiger partial charge in [0.05, 0.1) is 11.4 Å². The molecule has 1 aromatic carbocycles. The third-order valence-electron chi connectivity index (χ3n) is 5.63. The Bertz CT molecular complexity index is 1210. The van der Waals surface area contributed by atoms with Gasteiger partial charge in [0.15, 0.2) is 5.17 Å². The lowest BCUT2D eigenvalue weighted by molar-refractivity contribution is -0.130. The van der Waals surface area contributed by atoms with Gasteiger partial charge in [-0.25, -0.2) is 0 Å². The normalized spacial score (nSPS) is 20.6. The highest BCUT2D eigenvalue weighted by Crippen LogP contribution is 2.37. The largest absolute Gasteiger partial charge is 0.497 e. The van der Waals surface area contributed by atoms with Gasteiger partial charge in [0.2, 0.25) is 11.8 Å². The smallest absolute Gasteiger partial charge is 0.294 e. The van der Waals surface area contributed by atoms with E-state index in [1.807, 2.05) is 0 Å². The van der Waals surface area contributed by atoms with Gasteiger partial charge >= 0.3 is 0 Å². The first kappa shape index (κ1) is 25.0. The standard InChI is InChI=1S/C22H24ClN3O5S3/c1-31-16-9-5-6-14(12-16)24-19(27)13-17-21(28)26(15-7-3-2-4-8-15)22(32-17)25-34(29,30)20-11-10-18(23)33-20/h5-6,9-12,15,17H,2-4,7-8,13H2,1H3,(H,24,27)/t17-/m1/s1. The molecule has 1 aliphatic heterocycles. The van der Waals surface area contributed by atoms with Crippen molar-refractivity contribution in [2.24, 2.45) is 4.40 Å². The molecule has 0 spiro atoms. The maximum Gasteiger partial charge on any atom is 0.294 e. The lowest BCUT2D eigenvalue weighted by atomic mass is 9.94. The van der Waals surface area contributed by atoms with Crippen molar-refractivity contribution < 1.29 is 22.7 Å². The number of hydrogen-bond donors (Lipinski definition) is 1. The van der Waals surface area contributed by atoms with Crippen molar-refractivity contribution in [2.45, 2.75) is 54.0 Å². The van der Waals surface area contributed by atoms with Crippen LogP contribution in [0.15, 0.2) is 45.0 Å². The second-order valence-corrected chi connectivity index (χ2v) is 12.7. The molecule has 12 heteroatoms. The minimum Gasteiger partial charge on any atom is -0.497 e. The molecule has 1 atom stereocenters. The molecular weight excluding hydrogens is 518 g/mol. The molecule has 1 aliphatic carbocycles. The monoisotopic (exact) mass is 541 g/mol. The number of amidine groups is 1. The van der Waals surface area contributed by atoms with Crippen LogP contribution >= 0.6 is 34.7 Å². The molecule has 2 aliphatic rings. The summed E-state index contributed by atoms with van der Waals surface area (Å²) >= 11 is 7.85. The summed E-state index contributed by atoms with van der Waals surface area (Å²) in [7, 11) is -2.50. The van der Waals surface area contributed by atoms with Crippen LogP contribution in [0.5, 0.6) is 5.75 Å². The number of sulfonamides is 1. The number of carbonyl (C=O) groups excluding carboxylic acids is 2. The van der Waals surface area contributed by atoms with Crippen LogP contribution in [-0.2, 0) is 19.6 Å². The highest BCUT2D eigenvalue weighted by Gasteiger charge is 2.43. The minimum absolute atomic E-state index is 0.0147. The van der Waals surface area contributed by atoms with Gasteiger partial charge in [-0.2, -0.15) is 8.42 Å². The second-order valence-electron chi connectivity index (χ2n) is 8.00. The molecule has 1 N–H and O–H groups in total. The van der Waals surface area contributed by atoms with Crippen LogP contribution in [-0.4, -0.2) is 48.7 Å². The lowest BCUT2D eigenvalue weighted by Gasteiger charge is -2.30. The van der Waals surface area contributed by atoms with E-state index >= 15 is 0 Å². The maximum atomic E-state index is 13.3. The molecule has 1 aromatic heterocycles. The molecule has 0 bridgehead atoms. The van der Waals surface area contributed by atoms with E-state index in [-0.39, 0.29) is 33.7 Å². The Morgan fingerprint density at radius 2 is 2.00 bits per heavy atom. The van der Waals surface area contributed by atoms with Gasteiger partial charge in [0.25, 0.3) is 10.0 Å². The number of nitrogens with one attached hydrogen (secondary N) is 1. The third-order valence-corrected chi connectivity index (χ3v) is 9.86. The quantitative estimate of drug-likeness (QED) is 0.542. The number of benzene rings is 1. The molecule has 2 amide bonds. The van der Waals surface area contributed by atoms with Crippen LogP contribution in [0.2, 0.25) is 4.34 Å². The Hall–Kier alpha value is -2.08. The van der Waals surface area contributed by atoms with Gasteiger partial charge in [-0.15, -0.1) is 15.7 Å². The van der Waals surface area contributed by atoms with E-state index in [4.69, 9.17) is 16.3 Å². The van der Waals surface area contributed by atoms with E-state index in [0.29, 0.717) is 15.8 Å². The zero-order valence-corrected chi connectivity index (χ0v) is 21.6. The maximum absolute atomic E-state index is 13.3. The van der Waals surface area contributed by atoms with Gasteiger partial charge in [-0.3, -0.25) is 14.5 Å². The molecule has 2 fully saturated rings. The first-order chi connectivity index (χ1) is 16.3. The predicted octanol–water partition coefficient (Wildman–Crippen LogP) is 4.76. The van der Waals surface area contributed by atoms with Crippen LogP contribution in [0.25, 0.3) is 0 Å². The van der Waals surface area contributed by atoms with Gasteiger partial charge in [-0.1, -0.05) is 48.7 Å². The molecule has 2 aromatic rings. The highest BCUT2D eigenvalue weighted by molar-refractivity contribution is 8.16. The van der Waals surface area contributed by atoms with Crippen LogP contribution in [0.4, 0.5) is 5.69 Å². The van der Waals surface area contributed by atoms with Gasteiger partial charge in [0, 0.05) is 24.2 Å². The molecule has 8 nitrogen and oxygen atoms in total. The number of thioether (sulfide) groups is 1. The molecule has 2 heterocycles. The highest BCUT2D eigenvalue weighted by atomic mass is 35.5. The average molecular weight is 542 g/mol. The number of amides is 2. The summed E-state index contributed by atoms with van der Waals surface area (Å²) in [4.78, 5) is 27.5. The van der Waals surface area contributed by atoms with Crippen molar-refractivity contribution in [1.29, 1.82) is 0 Å². The topological polar surface area (TPSA) is 105 Å². The van der Waals surface area contributed by atoms with E-state index in [1.165, 1.54) is 24.1 Å². The summed E-state index contributed by atoms with van der Waals surface area (Å²) in [6, 6.07) is 9.69. The Morgan fingerprint density at radius 3 is 2.68 bits per heavy atom. The molecule has 1 saturated carbocycles. The molecule has 0 unspecified atom stereocenters. The zero-order valence-electron chi connectivity index (χ0n) is 18.4. The Kier molecular flexibility index (Phi) is 7.86.